The van der Waals surface area contributed by atoms with Crippen LogP contribution in [0.4, 0.5) is 0 Å². The molecule has 1 fully saturated rings. The summed E-state index contributed by atoms with van der Waals surface area (Å²) in [7, 11) is -1.77. The van der Waals surface area contributed by atoms with Crippen molar-refractivity contribution in [2.75, 3.05) is 26.3 Å². The summed E-state index contributed by atoms with van der Waals surface area (Å²) in [6.45, 7) is 10.5. The lowest BCUT2D eigenvalue weighted by atomic mass is 9.90. The van der Waals surface area contributed by atoms with Crippen LogP contribution in [0.3, 0.4) is 0 Å². The average molecular weight is 355 g/mol. The molecular formula is C17H30BNO6. The Kier molecular flexibility index (Phi) is 8.33. The molecule has 25 heavy (non-hydrogen) atoms. The predicted octanol–water partition coefficient (Wildman–Crippen LogP) is 0.395. The molecule has 1 heterocycles. The number of hydrogen-bond donors (Lipinski definition) is 4. The van der Waals surface area contributed by atoms with E-state index in [2.05, 4.69) is 4.90 Å². The molecule has 0 amide bonds. The van der Waals surface area contributed by atoms with E-state index >= 15 is 0 Å². The van der Waals surface area contributed by atoms with Gasteiger partial charge in [-0.25, -0.2) is 0 Å². The van der Waals surface area contributed by atoms with Crippen molar-refractivity contribution in [3.05, 3.63) is 29.8 Å². The van der Waals surface area contributed by atoms with Gasteiger partial charge in [-0.1, -0.05) is 12.1 Å². The van der Waals surface area contributed by atoms with Gasteiger partial charge in [-0.3, -0.25) is 4.90 Å². The zero-order chi connectivity index (χ0) is 19.1. The Morgan fingerprint density at radius 3 is 2.12 bits per heavy atom. The van der Waals surface area contributed by atoms with Crippen LogP contribution >= 0.6 is 0 Å². The van der Waals surface area contributed by atoms with Crippen LogP contribution < -0.4 is 4.65 Å². The number of aliphatic hydroxyl groups is 2. The third-order valence-corrected chi connectivity index (χ3v) is 4.15. The van der Waals surface area contributed by atoms with Crippen molar-refractivity contribution in [3.8, 4) is 5.75 Å². The lowest BCUT2D eigenvalue weighted by Crippen LogP contribution is -2.44. The maximum atomic E-state index is 9.10. The van der Waals surface area contributed by atoms with Crippen molar-refractivity contribution >= 4 is 7.32 Å². The highest BCUT2D eigenvalue weighted by atomic mass is 16.6. The van der Waals surface area contributed by atoms with E-state index in [1.165, 1.54) is 0 Å². The van der Waals surface area contributed by atoms with Gasteiger partial charge < -0.3 is 29.7 Å². The molecule has 2 rings (SSSR count). The number of benzene rings is 1. The largest absolute Gasteiger partial charge is 0.707 e. The van der Waals surface area contributed by atoms with Crippen LogP contribution in [0, 0.1) is 0 Å². The summed E-state index contributed by atoms with van der Waals surface area (Å²) in [6, 6.07) is 7.34. The standard InChI is InChI=1S/C11H16BNO4.C6H14O2/c14-12(15)17-11-3-1-2-10(8-11)9-13-4-6-16-7-5-13;1-5(2,7)6(3,4)8/h1-3,8,14-15H,4-7,9H2;7-8H,1-4H3. The van der Waals surface area contributed by atoms with Crippen LogP contribution in [-0.4, -0.2) is 70.0 Å². The van der Waals surface area contributed by atoms with Gasteiger partial charge in [-0.15, -0.1) is 0 Å². The molecule has 0 radical (unpaired) electrons. The molecule has 1 aliphatic heterocycles. The molecule has 0 saturated carbocycles. The van der Waals surface area contributed by atoms with Crippen LogP contribution in [0.25, 0.3) is 0 Å². The van der Waals surface area contributed by atoms with E-state index < -0.39 is 18.5 Å². The van der Waals surface area contributed by atoms with Crippen molar-refractivity contribution in [2.24, 2.45) is 0 Å². The molecule has 0 atom stereocenters. The van der Waals surface area contributed by atoms with E-state index in [-0.39, 0.29) is 0 Å². The molecule has 1 aliphatic rings. The minimum atomic E-state index is -1.77. The first-order valence-corrected chi connectivity index (χ1v) is 8.35. The van der Waals surface area contributed by atoms with Gasteiger partial charge >= 0.3 is 7.32 Å². The predicted molar refractivity (Wildman–Crippen MR) is 96.0 cm³/mol. The van der Waals surface area contributed by atoms with E-state index in [9.17, 15) is 0 Å². The summed E-state index contributed by atoms with van der Waals surface area (Å²) in [5.74, 6) is 0.464. The zero-order valence-electron chi connectivity index (χ0n) is 15.5. The van der Waals surface area contributed by atoms with E-state index in [4.69, 9.17) is 29.7 Å². The van der Waals surface area contributed by atoms with E-state index in [1.54, 1.807) is 33.8 Å². The fourth-order valence-corrected chi connectivity index (χ4v) is 1.86. The molecule has 0 aromatic heterocycles. The third-order valence-electron chi connectivity index (χ3n) is 4.15. The molecule has 8 heteroatoms. The molecule has 1 saturated heterocycles. The van der Waals surface area contributed by atoms with Crippen LogP contribution in [0.2, 0.25) is 0 Å². The first-order chi connectivity index (χ1) is 11.5. The number of nitrogens with zero attached hydrogens (tertiary/aromatic N) is 1. The van der Waals surface area contributed by atoms with Crippen LogP contribution in [-0.2, 0) is 11.3 Å². The first-order valence-electron chi connectivity index (χ1n) is 8.35. The number of rotatable bonds is 5. The molecule has 0 aliphatic carbocycles. The molecular weight excluding hydrogens is 325 g/mol. The third kappa shape index (κ3) is 8.67. The van der Waals surface area contributed by atoms with Crippen molar-refractivity contribution in [2.45, 2.75) is 45.4 Å². The van der Waals surface area contributed by atoms with Crippen molar-refractivity contribution in [3.63, 3.8) is 0 Å². The Hall–Kier alpha value is -1.16. The lowest BCUT2D eigenvalue weighted by molar-refractivity contribution is -0.107. The second-order valence-corrected chi connectivity index (χ2v) is 7.10. The average Bonchev–Trinajstić information content (AvgIpc) is 2.46. The fourth-order valence-electron chi connectivity index (χ4n) is 1.86. The molecule has 7 nitrogen and oxygen atoms in total. The normalized spacial score (nSPS) is 16.0. The Balaban J connectivity index is 0.000000333. The highest BCUT2D eigenvalue weighted by Gasteiger charge is 2.31. The SMILES string of the molecule is CC(C)(O)C(C)(C)O.OB(O)Oc1cccc(CN2CCOCC2)c1. The molecule has 4 N–H and O–H groups in total. The summed E-state index contributed by atoms with van der Waals surface area (Å²) in [6.07, 6.45) is 0. The van der Waals surface area contributed by atoms with Gasteiger partial charge in [-0.05, 0) is 45.4 Å². The van der Waals surface area contributed by atoms with Crippen LogP contribution in [0.15, 0.2) is 24.3 Å². The second kappa shape index (κ2) is 9.52. The van der Waals surface area contributed by atoms with Crippen LogP contribution in [0.1, 0.15) is 33.3 Å². The maximum absolute atomic E-state index is 9.10. The summed E-state index contributed by atoms with van der Waals surface area (Å²) in [5.41, 5.74) is -0.926. The lowest BCUT2D eigenvalue weighted by Gasteiger charge is -2.31. The molecule has 1 aromatic carbocycles. The summed E-state index contributed by atoms with van der Waals surface area (Å²) >= 11 is 0. The van der Waals surface area contributed by atoms with Crippen LogP contribution in [0.5, 0.6) is 5.75 Å². The summed E-state index contributed by atoms with van der Waals surface area (Å²) in [5, 5.41) is 35.7. The monoisotopic (exact) mass is 355 g/mol. The molecule has 142 valence electrons. The minimum absolute atomic E-state index is 0.464. The highest BCUT2D eigenvalue weighted by Crippen LogP contribution is 2.19. The summed E-state index contributed by atoms with van der Waals surface area (Å²) in [4.78, 5) is 2.29. The van der Waals surface area contributed by atoms with Gasteiger partial charge in [0, 0.05) is 19.6 Å². The molecule has 0 bridgehead atoms. The number of hydrogen-bond acceptors (Lipinski definition) is 7. The van der Waals surface area contributed by atoms with Gasteiger partial charge in [0.25, 0.3) is 0 Å². The minimum Gasteiger partial charge on any atom is -0.512 e. The second-order valence-electron chi connectivity index (χ2n) is 7.10. The van der Waals surface area contributed by atoms with Crippen molar-refractivity contribution in [1.29, 1.82) is 0 Å². The van der Waals surface area contributed by atoms with Gasteiger partial charge in [0.05, 0.1) is 24.4 Å². The number of ether oxygens (including phenoxy) is 1. The molecule has 0 unspecified atom stereocenters. The van der Waals surface area contributed by atoms with E-state index in [0.29, 0.717) is 5.75 Å². The highest BCUT2D eigenvalue weighted by molar-refractivity contribution is 6.33. The molecule has 0 spiro atoms. The summed E-state index contributed by atoms with van der Waals surface area (Å²) < 4.78 is 10.1. The van der Waals surface area contributed by atoms with Crippen molar-refractivity contribution < 1.29 is 29.7 Å². The van der Waals surface area contributed by atoms with E-state index in [0.717, 1.165) is 38.4 Å². The topological polar surface area (TPSA) is 103 Å². The van der Waals surface area contributed by atoms with E-state index in [1.807, 2.05) is 18.2 Å². The Morgan fingerprint density at radius 1 is 1.08 bits per heavy atom. The Bertz CT molecular complexity index is 495. The number of morpholine rings is 1. The quantitative estimate of drug-likeness (QED) is 0.567. The van der Waals surface area contributed by atoms with Gasteiger partial charge in [-0.2, -0.15) is 0 Å². The first kappa shape index (κ1) is 21.9. The Morgan fingerprint density at radius 2 is 1.64 bits per heavy atom. The Labute approximate surface area is 150 Å². The zero-order valence-corrected chi connectivity index (χ0v) is 15.5. The fraction of sp³-hybridized carbons (Fsp3) is 0.647. The van der Waals surface area contributed by atoms with Gasteiger partial charge in [0.1, 0.15) is 5.75 Å². The smallest absolute Gasteiger partial charge is 0.512 e. The molecule has 1 aromatic rings. The van der Waals surface area contributed by atoms with Crippen molar-refractivity contribution in [1.82, 2.24) is 4.90 Å². The van der Waals surface area contributed by atoms with Gasteiger partial charge in [0.15, 0.2) is 0 Å². The van der Waals surface area contributed by atoms with Gasteiger partial charge in [0.2, 0.25) is 0 Å². The maximum Gasteiger partial charge on any atom is 0.707 e.